The monoisotopic (exact) mass is 215 g/mol. The van der Waals surface area contributed by atoms with Crippen LogP contribution >= 0.6 is 0 Å². The molecule has 0 aliphatic rings. The molecule has 0 unspecified atom stereocenters. The van der Waals surface area contributed by atoms with Gasteiger partial charge in [0.15, 0.2) is 0 Å². The molecule has 0 bridgehead atoms. The van der Waals surface area contributed by atoms with Gasteiger partial charge >= 0.3 is 0 Å². The standard InChI is InChI=1S/C14H17NO/c1-9(2)11-6-5-7-12-13(11)8-10(3)15-14(12)16-4/h5-9H,1-4H3. The van der Waals surface area contributed by atoms with Crippen LogP contribution in [-0.4, -0.2) is 12.1 Å². The number of pyridine rings is 1. The van der Waals surface area contributed by atoms with Gasteiger partial charge < -0.3 is 4.74 Å². The van der Waals surface area contributed by atoms with Gasteiger partial charge in [0.25, 0.3) is 0 Å². The molecule has 2 rings (SSSR count). The highest BCUT2D eigenvalue weighted by molar-refractivity contribution is 5.90. The van der Waals surface area contributed by atoms with E-state index in [1.54, 1.807) is 7.11 Å². The van der Waals surface area contributed by atoms with Gasteiger partial charge in [-0.2, -0.15) is 0 Å². The second-order valence-electron chi connectivity index (χ2n) is 4.37. The van der Waals surface area contributed by atoms with Crippen molar-refractivity contribution >= 4 is 10.8 Å². The van der Waals surface area contributed by atoms with Crippen molar-refractivity contribution in [1.29, 1.82) is 0 Å². The fraction of sp³-hybridized carbons (Fsp3) is 0.357. The molecular formula is C14H17NO. The molecule has 2 aromatic rings. The van der Waals surface area contributed by atoms with Crippen molar-refractivity contribution in [2.45, 2.75) is 26.7 Å². The molecule has 0 saturated heterocycles. The number of hydrogen-bond donors (Lipinski definition) is 0. The summed E-state index contributed by atoms with van der Waals surface area (Å²) in [6, 6.07) is 8.43. The van der Waals surface area contributed by atoms with Crippen LogP contribution in [0.25, 0.3) is 10.8 Å². The van der Waals surface area contributed by atoms with Crippen molar-refractivity contribution in [3.8, 4) is 5.88 Å². The van der Waals surface area contributed by atoms with E-state index < -0.39 is 0 Å². The number of fused-ring (bicyclic) bond motifs is 1. The second-order valence-corrected chi connectivity index (χ2v) is 4.37. The van der Waals surface area contributed by atoms with Crippen molar-refractivity contribution in [2.24, 2.45) is 0 Å². The lowest BCUT2D eigenvalue weighted by Gasteiger charge is -2.12. The summed E-state index contributed by atoms with van der Waals surface area (Å²) < 4.78 is 5.33. The summed E-state index contributed by atoms with van der Waals surface area (Å²) in [4.78, 5) is 4.40. The molecule has 1 aromatic carbocycles. The van der Waals surface area contributed by atoms with Crippen LogP contribution in [0.4, 0.5) is 0 Å². The Kier molecular flexibility index (Phi) is 2.82. The molecule has 0 fully saturated rings. The summed E-state index contributed by atoms with van der Waals surface area (Å²) in [5, 5.41) is 2.35. The third-order valence-corrected chi connectivity index (χ3v) is 2.82. The molecule has 2 nitrogen and oxygen atoms in total. The van der Waals surface area contributed by atoms with Crippen LogP contribution in [0, 0.1) is 6.92 Å². The van der Waals surface area contributed by atoms with Gasteiger partial charge in [0.05, 0.1) is 7.11 Å². The first-order chi connectivity index (χ1) is 7.63. The van der Waals surface area contributed by atoms with Gasteiger partial charge in [-0.3, -0.25) is 0 Å². The topological polar surface area (TPSA) is 22.1 Å². The SMILES string of the molecule is COc1nc(C)cc2c(C(C)C)cccc12. The quantitative estimate of drug-likeness (QED) is 0.762. The number of hydrogen-bond acceptors (Lipinski definition) is 2. The second kappa shape index (κ2) is 4.12. The molecule has 0 aliphatic heterocycles. The van der Waals surface area contributed by atoms with Crippen LogP contribution in [0.1, 0.15) is 31.0 Å². The first-order valence-corrected chi connectivity index (χ1v) is 5.57. The van der Waals surface area contributed by atoms with Crippen LogP contribution in [0.3, 0.4) is 0 Å². The van der Waals surface area contributed by atoms with E-state index >= 15 is 0 Å². The fourth-order valence-corrected chi connectivity index (χ4v) is 2.05. The Morgan fingerprint density at radius 1 is 1.19 bits per heavy atom. The molecule has 0 N–H and O–H groups in total. The Bertz CT molecular complexity index is 517. The zero-order chi connectivity index (χ0) is 11.7. The van der Waals surface area contributed by atoms with Crippen molar-refractivity contribution < 1.29 is 4.74 Å². The number of ether oxygens (including phenoxy) is 1. The van der Waals surface area contributed by atoms with Gasteiger partial charge in [0.1, 0.15) is 0 Å². The smallest absolute Gasteiger partial charge is 0.221 e. The first kappa shape index (κ1) is 10.9. The van der Waals surface area contributed by atoms with Gasteiger partial charge in [0.2, 0.25) is 5.88 Å². The molecule has 0 radical (unpaired) electrons. The lowest BCUT2D eigenvalue weighted by molar-refractivity contribution is 0.402. The maximum absolute atomic E-state index is 5.33. The Hall–Kier alpha value is -1.57. The molecule has 1 heterocycles. The van der Waals surface area contributed by atoms with Gasteiger partial charge in [-0.05, 0) is 35.9 Å². The van der Waals surface area contributed by atoms with Crippen LogP contribution in [0.2, 0.25) is 0 Å². The molecule has 0 atom stereocenters. The minimum atomic E-state index is 0.509. The normalized spacial score (nSPS) is 11.1. The third-order valence-electron chi connectivity index (χ3n) is 2.82. The molecule has 0 amide bonds. The largest absolute Gasteiger partial charge is 0.481 e. The zero-order valence-corrected chi connectivity index (χ0v) is 10.2. The average Bonchev–Trinajstić information content (AvgIpc) is 2.26. The van der Waals surface area contributed by atoms with Gasteiger partial charge in [0, 0.05) is 11.1 Å². The fourth-order valence-electron chi connectivity index (χ4n) is 2.05. The van der Waals surface area contributed by atoms with Crippen LogP contribution < -0.4 is 4.74 Å². The molecular weight excluding hydrogens is 198 g/mol. The van der Waals surface area contributed by atoms with E-state index in [9.17, 15) is 0 Å². The van der Waals surface area contributed by atoms with Crippen LogP contribution in [0.15, 0.2) is 24.3 Å². The number of benzene rings is 1. The minimum Gasteiger partial charge on any atom is -0.481 e. The van der Waals surface area contributed by atoms with E-state index in [1.807, 2.05) is 6.92 Å². The van der Waals surface area contributed by atoms with E-state index in [4.69, 9.17) is 4.74 Å². The molecule has 1 aromatic heterocycles. The minimum absolute atomic E-state index is 0.509. The lowest BCUT2D eigenvalue weighted by atomic mass is 9.96. The van der Waals surface area contributed by atoms with Gasteiger partial charge in [-0.25, -0.2) is 4.98 Å². The highest BCUT2D eigenvalue weighted by atomic mass is 16.5. The Morgan fingerprint density at radius 2 is 1.94 bits per heavy atom. The van der Waals surface area contributed by atoms with Crippen LogP contribution in [0.5, 0.6) is 5.88 Å². The Morgan fingerprint density at radius 3 is 2.56 bits per heavy atom. The first-order valence-electron chi connectivity index (χ1n) is 5.57. The van der Waals surface area contributed by atoms with E-state index in [0.29, 0.717) is 5.92 Å². The average molecular weight is 215 g/mol. The van der Waals surface area contributed by atoms with E-state index in [0.717, 1.165) is 17.0 Å². The van der Waals surface area contributed by atoms with E-state index in [2.05, 4.69) is 43.1 Å². The van der Waals surface area contributed by atoms with Crippen molar-refractivity contribution in [3.63, 3.8) is 0 Å². The highest BCUT2D eigenvalue weighted by Crippen LogP contribution is 2.30. The highest BCUT2D eigenvalue weighted by Gasteiger charge is 2.09. The van der Waals surface area contributed by atoms with Gasteiger partial charge in [-0.1, -0.05) is 26.0 Å². The summed E-state index contributed by atoms with van der Waals surface area (Å²) in [5.41, 5.74) is 2.35. The third kappa shape index (κ3) is 1.75. The maximum Gasteiger partial charge on any atom is 0.221 e. The number of rotatable bonds is 2. The predicted octanol–water partition coefficient (Wildman–Crippen LogP) is 3.68. The van der Waals surface area contributed by atoms with E-state index in [-0.39, 0.29) is 0 Å². The Balaban J connectivity index is 2.82. The molecule has 16 heavy (non-hydrogen) atoms. The Labute approximate surface area is 96.3 Å². The summed E-state index contributed by atoms with van der Waals surface area (Å²) in [5.74, 6) is 1.23. The summed E-state index contributed by atoms with van der Waals surface area (Å²) >= 11 is 0. The summed E-state index contributed by atoms with van der Waals surface area (Å²) in [6.07, 6.45) is 0. The summed E-state index contributed by atoms with van der Waals surface area (Å²) in [6.45, 7) is 6.41. The summed E-state index contributed by atoms with van der Waals surface area (Å²) in [7, 11) is 1.67. The number of aromatic nitrogens is 1. The molecule has 0 spiro atoms. The zero-order valence-electron chi connectivity index (χ0n) is 10.2. The molecule has 0 saturated carbocycles. The predicted molar refractivity (Wildman–Crippen MR) is 67.1 cm³/mol. The maximum atomic E-state index is 5.33. The number of methoxy groups -OCH3 is 1. The van der Waals surface area contributed by atoms with E-state index in [1.165, 1.54) is 10.9 Å². The van der Waals surface area contributed by atoms with Gasteiger partial charge in [-0.15, -0.1) is 0 Å². The molecule has 84 valence electrons. The van der Waals surface area contributed by atoms with Crippen molar-refractivity contribution in [1.82, 2.24) is 4.98 Å². The number of aryl methyl sites for hydroxylation is 1. The van der Waals surface area contributed by atoms with Crippen molar-refractivity contribution in [2.75, 3.05) is 7.11 Å². The molecule has 0 aliphatic carbocycles. The lowest BCUT2D eigenvalue weighted by Crippen LogP contribution is -1.95. The molecule has 2 heteroatoms. The van der Waals surface area contributed by atoms with Crippen LogP contribution in [-0.2, 0) is 0 Å². The van der Waals surface area contributed by atoms with Crippen molar-refractivity contribution in [3.05, 3.63) is 35.5 Å². The number of nitrogens with zero attached hydrogens (tertiary/aromatic N) is 1.